The van der Waals surface area contributed by atoms with Crippen molar-refractivity contribution in [2.24, 2.45) is 12.8 Å². The van der Waals surface area contributed by atoms with Crippen LogP contribution in [0.15, 0.2) is 6.20 Å². The maximum Gasteiger partial charge on any atom is 0.0670 e. The van der Waals surface area contributed by atoms with Crippen molar-refractivity contribution in [2.75, 3.05) is 33.4 Å². The predicted molar refractivity (Wildman–Crippen MR) is 73.5 cm³/mol. The second-order valence-corrected chi connectivity index (χ2v) is 4.49. The second-order valence-electron chi connectivity index (χ2n) is 4.49. The van der Waals surface area contributed by atoms with Crippen LogP contribution in [0.3, 0.4) is 0 Å². The monoisotopic (exact) mass is 254 g/mol. The van der Waals surface area contributed by atoms with E-state index in [0.29, 0.717) is 6.54 Å². The fourth-order valence-electron chi connectivity index (χ4n) is 2.16. The highest BCUT2D eigenvalue weighted by molar-refractivity contribution is 5.22. The Kier molecular flexibility index (Phi) is 6.32. The van der Waals surface area contributed by atoms with Gasteiger partial charge in [-0.2, -0.15) is 5.10 Å². The van der Waals surface area contributed by atoms with Gasteiger partial charge in [0.2, 0.25) is 0 Å². The van der Waals surface area contributed by atoms with Gasteiger partial charge in [-0.1, -0.05) is 6.92 Å². The average Bonchev–Trinajstić information content (AvgIpc) is 2.72. The normalized spacial score (nSPS) is 13.2. The van der Waals surface area contributed by atoms with E-state index in [4.69, 9.17) is 10.5 Å². The number of aromatic nitrogens is 2. The van der Waals surface area contributed by atoms with Crippen LogP contribution in [0.25, 0.3) is 0 Å². The molecular weight excluding hydrogens is 228 g/mol. The quantitative estimate of drug-likeness (QED) is 0.702. The van der Waals surface area contributed by atoms with E-state index in [1.54, 1.807) is 0 Å². The lowest BCUT2D eigenvalue weighted by molar-refractivity contribution is 0.108. The average molecular weight is 254 g/mol. The minimum atomic E-state index is 0.217. The molecule has 1 rings (SSSR count). The molecule has 0 saturated heterocycles. The van der Waals surface area contributed by atoms with E-state index in [9.17, 15) is 0 Å². The van der Waals surface area contributed by atoms with Crippen LogP contribution in [0.5, 0.6) is 0 Å². The van der Waals surface area contributed by atoms with Gasteiger partial charge in [0.15, 0.2) is 0 Å². The van der Waals surface area contributed by atoms with Gasteiger partial charge in [-0.25, -0.2) is 0 Å². The Labute approximate surface area is 110 Å². The molecule has 0 saturated carbocycles. The molecule has 1 unspecified atom stereocenters. The van der Waals surface area contributed by atoms with Gasteiger partial charge < -0.3 is 10.5 Å². The molecule has 5 nitrogen and oxygen atoms in total. The number of aryl methyl sites for hydroxylation is 2. The first kappa shape index (κ1) is 15.1. The Hall–Kier alpha value is -0.910. The van der Waals surface area contributed by atoms with Crippen molar-refractivity contribution in [2.45, 2.75) is 26.3 Å². The van der Waals surface area contributed by atoms with Gasteiger partial charge in [0.1, 0.15) is 0 Å². The lowest BCUT2D eigenvalue weighted by atomic mass is 10.1. The molecule has 18 heavy (non-hydrogen) atoms. The summed E-state index contributed by atoms with van der Waals surface area (Å²) in [7, 11) is 4.04. The fraction of sp³-hybridized carbons (Fsp3) is 0.769. The molecular formula is C13H26N4O. The first-order valence-electron chi connectivity index (χ1n) is 6.64. The summed E-state index contributed by atoms with van der Waals surface area (Å²) in [5.74, 6) is 0. The highest BCUT2D eigenvalue weighted by Gasteiger charge is 2.20. The van der Waals surface area contributed by atoms with Crippen molar-refractivity contribution in [1.82, 2.24) is 14.7 Å². The van der Waals surface area contributed by atoms with Crippen LogP contribution in [0.2, 0.25) is 0 Å². The molecule has 104 valence electrons. The summed E-state index contributed by atoms with van der Waals surface area (Å²) in [4.78, 5) is 2.24. The predicted octanol–water partition coefficient (Wildman–Crippen LogP) is 0.951. The molecule has 0 bridgehead atoms. The Morgan fingerprint density at radius 3 is 2.78 bits per heavy atom. The van der Waals surface area contributed by atoms with Crippen molar-refractivity contribution >= 4 is 0 Å². The lowest BCUT2D eigenvalue weighted by Crippen LogP contribution is -2.33. The highest BCUT2D eigenvalue weighted by atomic mass is 16.5. The fourth-order valence-corrected chi connectivity index (χ4v) is 2.16. The summed E-state index contributed by atoms with van der Waals surface area (Å²) >= 11 is 0. The summed E-state index contributed by atoms with van der Waals surface area (Å²) in [6, 6.07) is 0.217. The zero-order chi connectivity index (χ0) is 13.5. The molecule has 0 aliphatic heterocycles. The molecule has 1 aromatic rings. The van der Waals surface area contributed by atoms with Gasteiger partial charge in [0, 0.05) is 38.5 Å². The molecule has 1 aromatic heterocycles. The minimum absolute atomic E-state index is 0.217. The molecule has 0 aromatic carbocycles. The van der Waals surface area contributed by atoms with E-state index in [1.165, 1.54) is 5.56 Å². The number of likely N-dealkylation sites (N-methyl/N-ethyl adjacent to an activating group) is 1. The summed E-state index contributed by atoms with van der Waals surface area (Å²) in [5, 5.41) is 4.48. The lowest BCUT2D eigenvalue weighted by Gasteiger charge is -2.26. The van der Waals surface area contributed by atoms with Gasteiger partial charge in [-0.3, -0.25) is 9.58 Å². The van der Waals surface area contributed by atoms with Gasteiger partial charge >= 0.3 is 0 Å². The number of nitrogens with two attached hydrogens (primary N) is 1. The third-order valence-corrected chi connectivity index (χ3v) is 3.18. The first-order valence-corrected chi connectivity index (χ1v) is 6.64. The maximum atomic E-state index is 5.92. The van der Waals surface area contributed by atoms with Crippen LogP contribution >= 0.6 is 0 Å². The molecule has 0 aliphatic carbocycles. The van der Waals surface area contributed by atoms with Gasteiger partial charge in [0.25, 0.3) is 0 Å². The van der Waals surface area contributed by atoms with E-state index in [0.717, 1.165) is 31.9 Å². The summed E-state index contributed by atoms with van der Waals surface area (Å²) < 4.78 is 7.26. The zero-order valence-electron chi connectivity index (χ0n) is 12.0. The van der Waals surface area contributed by atoms with Crippen molar-refractivity contribution in [3.63, 3.8) is 0 Å². The number of nitrogens with zero attached hydrogens (tertiary/aromatic N) is 3. The second kappa shape index (κ2) is 7.51. The van der Waals surface area contributed by atoms with Gasteiger partial charge in [-0.15, -0.1) is 0 Å². The molecule has 0 aliphatic rings. The summed E-state index contributed by atoms with van der Waals surface area (Å²) in [6.07, 6.45) is 3.01. The highest BCUT2D eigenvalue weighted by Crippen LogP contribution is 2.21. The summed E-state index contributed by atoms with van der Waals surface area (Å²) in [6.45, 7) is 7.12. The molecule has 1 heterocycles. The third kappa shape index (κ3) is 3.80. The third-order valence-electron chi connectivity index (χ3n) is 3.18. The zero-order valence-corrected chi connectivity index (χ0v) is 12.0. The van der Waals surface area contributed by atoms with Crippen molar-refractivity contribution in [3.8, 4) is 0 Å². The van der Waals surface area contributed by atoms with E-state index >= 15 is 0 Å². The summed E-state index contributed by atoms with van der Waals surface area (Å²) in [5.41, 5.74) is 8.30. The van der Waals surface area contributed by atoms with E-state index in [2.05, 4.69) is 30.2 Å². The SMILES string of the molecule is CCOCCN(C)C(CN)c1cn(C)nc1CC. The molecule has 1 atom stereocenters. The number of hydrogen-bond acceptors (Lipinski definition) is 4. The van der Waals surface area contributed by atoms with Crippen LogP contribution in [0.4, 0.5) is 0 Å². The van der Waals surface area contributed by atoms with E-state index in [-0.39, 0.29) is 6.04 Å². The smallest absolute Gasteiger partial charge is 0.0670 e. The van der Waals surface area contributed by atoms with Crippen LogP contribution < -0.4 is 5.73 Å². The van der Waals surface area contributed by atoms with Crippen molar-refractivity contribution < 1.29 is 4.74 Å². The number of ether oxygens (including phenoxy) is 1. The largest absolute Gasteiger partial charge is 0.380 e. The Balaban J connectivity index is 2.74. The number of hydrogen-bond donors (Lipinski definition) is 1. The van der Waals surface area contributed by atoms with Gasteiger partial charge in [0.05, 0.1) is 18.3 Å². The Bertz CT molecular complexity index is 351. The molecule has 0 amide bonds. The Morgan fingerprint density at radius 2 is 2.22 bits per heavy atom. The molecule has 5 heteroatoms. The van der Waals surface area contributed by atoms with Crippen LogP contribution in [0.1, 0.15) is 31.1 Å². The van der Waals surface area contributed by atoms with E-state index < -0.39 is 0 Å². The molecule has 0 fully saturated rings. The van der Waals surface area contributed by atoms with Crippen LogP contribution in [-0.4, -0.2) is 48.0 Å². The standard InChI is InChI=1S/C13H26N4O/c1-5-12-11(10-17(4)15-12)13(9-14)16(3)7-8-18-6-2/h10,13H,5-9,14H2,1-4H3. The molecule has 0 spiro atoms. The van der Waals surface area contributed by atoms with Crippen molar-refractivity contribution in [3.05, 3.63) is 17.5 Å². The van der Waals surface area contributed by atoms with Crippen LogP contribution in [-0.2, 0) is 18.2 Å². The molecule has 0 radical (unpaired) electrons. The first-order chi connectivity index (χ1) is 8.63. The topological polar surface area (TPSA) is 56.3 Å². The molecule has 2 N–H and O–H groups in total. The number of rotatable bonds is 8. The van der Waals surface area contributed by atoms with Crippen LogP contribution in [0, 0.1) is 0 Å². The van der Waals surface area contributed by atoms with Crippen molar-refractivity contribution in [1.29, 1.82) is 0 Å². The van der Waals surface area contributed by atoms with E-state index in [1.807, 2.05) is 18.7 Å². The Morgan fingerprint density at radius 1 is 1.50 bits per heavy atom. The minimum Gasteiger partial charge on any atom is -0.380 e. The maximum absolute atomic E-state index is 5.92. The van der Waals surface area contributed by atoms with Gasteiger partial charge in [-0.05, 0) is 20.4 Å².